The van der Waals surface area contributed by atoms with Crippen molar-refractivity contribution in [1.82, 2.24) is 19.6 Å². The highest BCUT2D eigenvalue weighted by Crippen LogP contribution is 2.32. The molecule has 1 aliphatic rings. The molecule has 0 aliphatic heterocycles. The van der Waals surface area contributed by atoms with Crippen molar-refractivity contribution in [3.8, 4) is 11.1 Å². The van der Waals surface area contributed by atoms with E-state index in [0.29, 0.717) is 22.9 Å². The maximum absolute atomic E-state index is 13.0. The minimum atomic E-state index is -0.141. The van der Waals surface area contributed by atoms with Crippen LogP contribution in [0.1, 0.15) is 59.8 Å². The molecule has 7 heteroatoms. The molecular formula is C23H23N5OS. The van der Waals surface area contributed by atoms with E-state index in [4.69, 9.17) is 0 Å². The Morgan fingerprint density at radius 2 is 2.03 bits per heavy atom. The number of benzene rings is 1. The maximum atomic E-state index is 13.0. The number of hydrogen-bond donors (Lipinski definition) is 1. The molecule has 0 spiro atoms. The average Bonchev–Trinajstić information content (AvgIpc) is 3.44. The van der Waals surface area contributed by atoms with Gasteiger partial charge < -0.3 is 5.32 Å². The molecule has 1 fully saturated rings. The summed E-state index contributed by atoms with van der Waals surface area (Å²) in [5.41, 5.74) is 4.49. The van der Waals surface area contributed by atoms with Gasteiger partial charge in [-0.15, -0.1) is 10.2 Å². The second-order valence-electron chi connectivity index (χ2n) is 7.85. The van der Waals surface area contributed by atoms with Crippen molar-refractivity contribution in [1.29, 1.82) is 0 Å². The van der Waals surface area contributed by atoms with Crippen molar-refractivity contribution in [3.63, 3.8) is 0 Å². The van der Waals surface area contributed by atoms with Crippen LogP contribution in [0, 0.1) is 6.92 Å². The number of amides is 1. The van der Waals surface area contributed by atoms with Crippen molar-refractivity contribution in [2.24, 2.45) is 0 Å². The summed E-state index contributed by atoms with van der Waals surface area (Å²) in [4.78, 5) is 17.4. The van der Waals surface area contributed by atoms with Crippen molar-refractivity contribution in [2.75, 3.05) is 5.32 Å². The summed E-state index contributed by atoms with van der Waals surface area (Å²) < 4.78 is 1.93. The zero-order chi connectivity index (χ0) is 20.5. The van der Waals surface area contributed by atoms with Gasteiger partial charge in [-0.2, -0.15) is 11.3 Å². The summed E-state index contributed by atoms with van der Waals surface area (Å²) >= 11 is 1.65. The molecule has 0 unspecified atom stereocenters. The van der Waals surface area contributed by atoms with E-state index in [9.17, 15) is 4.79 Å². The quantitative estimate of drug-likeness (QED) is 0.478. The number of nitrogens with one attached hydrogen (secondary N) is 1. The van der Waals surface area contributed by atoms with Crippen LogP contribution in [0.25, 0.3) is 16.9 Å². The first-order chi connectivity index (χ1) is 14.7. The highest BCUT2D eigenvalue weighted by atomic mass is 32.1. The highest BCUT2D eigenvalue weighted by molar-refractivity contribution is 7.08. The molecule has 1 aliphatic carbocycles. The lowest BCUT2D eigenvalue weighted by Crippen LogP contribution is -2.15. The number of fused-ring (bicyclic) bond motifs is 1. The smallest absolute Gasteiger partial charge is 0.256 e. The van der Waals surface area contributed by atoms with E-state index in [1.807, 2.05) is 35.0 Å². The molecule has 3 aromatic heterocycles. The van der Waals surface area contributed by atoms with Gasteiger partial charge in [-0.3, -0.25) is 9.20 Å². The zero-order valence-corrected chi connectivity index (χ0v) is 17.7. The molecule has 1 N–H and O–H groups in total. The van der Waals surface area contributed by atoms with Gasteiger partial charge in [0.1, 0.15) is 5.82 Å². The van der Waals surface area contributed by atoms with Gasteiger partial charge in [-0.05, 0) is 59.3 Å². The van der Waals surface area contributed by atoms with Crippen LogP contribution < -0.4 is 5.32 Å². The van der Waals surface area contributed by atoms with E-state index in [2.05, 4.69) is 38.0 Å². The van der Waals surface area contributed by atoms with Crippen LogP contribution in [-0.4, -0.2) is 25.5 Å². The van der Waals surface area contributed by atoms with E-state index >= 15 is 0 Å². The molecule has 1 amide bonds. The molecule has 4 aromatic rings. The zero-order valence-electron chi connectivity index (χ0n) is 16.8. The molecule has 30 heavy (non-hydrogen) atoms. The summed E-state index contributed by atoms with van der Waals surface area (Å²) in [5.74, 6) is 1.79. The normalized spacial score (nSPS) is 14.8. The molecule has 1 aromatic carbocycles. The van der Waals surface area contributed by atoms with Crippen LogP contribution in [-0.2, 0) is 0 Å². The topological polar surface area (TPSA) is 72.2 Å². The lowest BCUT2D eigenvalue weighted by Gasteiger charge is -2.19. The number of aromatic nitrogens is 4. The predicted molar refractivity (Wildman–Crippen MR) is 119 cm³/mol. The van der Waals surface area contributed by atoms with Crippen LogP contribution in [0.4, 0.5) is 5.69 Å². The molecule has 0 bridgehead atoms. The minimum Gasteiger partial charge on any atom is -0.319 e. The highest BCUT2D eigenvalue weighted by Gasteiger charge is 2.21. The van der Waals surface area contributed by atoms with E-state index in [1.54, 1.807) is 17.5 Å². The van der Waals surface area contributed by atoms with Crippen molar-refractivity contribution in [2.45, 2.75) is 44.9 Å². The molecule has 5 rings (SSSR count). The van der Waals surface area contributed by atoms with Gasteiger partial charge in [0, 0.05) is 17.7 Å². The Bertz CT molecular complexity index is 1190. The average molecular weight is 418 g/mol. The van der Waals surface area contributed by atoms with Gasteiger partial charge in [0.05, 0.1) is 11.9 Å². The van der Waals surface area contributed by atoms with Gasteiger partial charge in [-0.1, -0.05) is 31.4 Å². The first-order valence-electron chi connectivity index (χ1n) is 10.3. The number of anilines is 1. The fraction of sp³-hybridized carbons (Fsp3) is 0.304. The largest absolute Gasteiger partial charge is 0.319 e. The molecule has 6 nitrogen and oxygen atoms in total. The van der Waals surface area contributed by atoms with E-state index < -0.39 is 0 Å². The lowest BCUT2D eigenvalue weighted by atomic mass is 9.89. The van der Waals surface area contributed by atoms with Gasteiger partial charge in [0.2, 0.25) is 0 Å². The van der Waals surface area contributed by atoms with Gasteiger partial charge in [0.15, 0.2) is 0 Å². The predicted octanol–water partition coefficient (Wildman–Crippen LogP) is 5.46. The Morgan fingerprint density at radius 1 is 1.17 bits per heavy atom. The third kappa shape index (κ3) is 3.50. The second-order valence-corrected chi connectivity index (χ2v) is 8.63. The number of hydrogen-bond acceptors (Lipinski definition) is 5. The van der Waals surface area contributed by atoms with E-state index in [1.165, 1.54) is 19.3 Å². The molecule has 0 atom stereocenters. The summed E-state index contributed by atoms with van der Waals surface area (Å²) in [6.07, 6.45) is 9.54. The Morgan fingerprint density at radius 3 is 2.83 bits per heavy atom. The summed E-state index contributed by atoms with van der Waals surface area (Å²) in [7, 11) is 0. The SMILES string of the molecule is Cc1c(C(=O)Nc2cnc3nnc(C4CCCCC4)n3c2)cccc1-c1ccsc1. The third-order valence-corrected chi connectivity index (χ3v) is 6.61. The van der Waals surface area contributed by atoms with Crippen LogP contribution in [0.5, 0.6) is 0 Å². The van der Waals surface area contributed by atoms with Crippen LogP contribution >= 0.6 is 11.3 Å². The Balaban J connectivity index is 1.43. The number of carbonyl (C=O) groups excluding carboxylic acids is 1. The van der Waals surface area contributed by atoms with Crippen molar-refractivity contribution < 1.29 is 4.79 Å². The monoisotopic (exact) mass is 417 g/mol. The molecule has 0 radical (unpaired) electrons. The van der Waals surface area contributed by atoms with Crippen molar-refractivity contribution >= 4 is 28.7 Å². The standard InChI is InChI=1S/C23H23N5OS/c1-15-19(17-10-11-30-14-17)8-5-9-20(15)22(29)25-18-12-24-23-27-26-21(28(23)13-18)16-6-3-2-4-7-16/h5,8-14,16H,2-4,6-7H2,1H3,(H,25,29). The Labute approximate surface area is 179 Å². The second kappa shape index (κ2) is 7.99. The first kappa shape index (κ1) is 18.9. The minimum absolute atomic E-state index is 0.141. The summed E-state index contributed by atoms with van der Waals surface area (Å²) in [6, 6.07) is 7.91. The molecule has 3 heterocycles. The number of nitrogens with zero attached hydrogens (tertiary/aromatic N) is 4. The Hall–Kier alpha value is -3.06. The van der Waals surface area contributed by atoms with Crippen molar-refractivity contribution in [3.05, 3.63) is 64.4 Å². The number of rotatable bonds is 4. The van der Waals surface area contributed by atoms with Crippen LogP contribution in [0.3, 0.4) is 0 Å². The van der Waals surface area contributed by atoms with E-state index in [0.717, 1.165) is 35.4 Å². The molecule has 152 valence electrons. The molecular weight excluding hydrogens is 394 g/mol. The Kier molecular flexibility index (Phi) is 5.04. The molecule has 1 saturated carbocycles. The van der Waals surface area contributed by atoms with Gasteiger partial charge >= 0.3 is 0 Å². The summed E-state index contributed by atoms with van der Waals surface area (Å²) in [6.45, 7) is 1.99. The van der Waals surface area contributed by atoms with E-state index in [-0.39, 0.29) is 5.91 Å². The van der Waals surface area contributed by atoms with Gasteiger partial charge in [-0.25, -0.2) is 4.98 Å². The fourth-order valence-corrected chi connectivity index (χ4v) is 4.98. The third-order valence-electron chi connectivity index (χ3n) is 5.93. The maximum Gasteiger partial charge on any atom is 0.256 e. The van der Waals surface area contributed by atoms with Crippen LogP contribution in [0.15, 0.2) is 47.4 Å². The number of thiophene rings is 1. The summed E-state index contributed by atoms with van der Waals surface area (Å²) in [5, 5.41) is 15.8. The van der Waals surface area contributed by atoms with Crippen LogP contribution in [0.2, 0.25) is 0 Å². The molecule has 0 saturated heterocycles. The fourth-order valence-electron chi connectivity index (χ4n) is 4.32. The number of carbonyl (C=O) groups is 1. The van der Waals surface area contributed by atoms with Gasteiger partial charge in [0.25, 0.3) is 11.7 Å². The lowest BCUT2D eigenvalue weighted by molar-refractivity contribution is 0.102. The first-order valence-corrected chi connectivity index (χ1v) is 11.3.